The first-order valence-electron chi connectivity index (χ1n) is 4.97. The van der Waals surface area contributed by atoms with Gasteiger partial charge in [0.25, 0.3) is 0 Å². The van der Waals surface area contributed by atoms with Crippen molar-refractivity contribution in [1.82, 2.24) is 0 Å². The molecule has 68 valence electrons. The molecule has 0 aromatic heterocycles. The normalized spacial score (nSPS) is 17.5. The van der Waals surface area contributed by atoms with Gasteiger partial charge >= 0.3 is 0 Å². The summed E-state index contributed by atoms with van der Waals surface area (Å²) in [4.78, 5) is 1.18. The van der Waals surface area contributed by atoms with Crippen molar-refractivity contribution in [2.24, 2.45) is 5.92 Å². The Kier molecular flexibility index (Phi) is 2.74. The number of rotatable bonds is 2. The molecule has 0 spiro atoms. The highest BCUT2D eigenvalue weighted by molar-refractivity contribution is 7.80. The summed E-state index contributed by atoms with van der Waals surface area (Å²) in [5, 5.41) is 0. The smallest absolute Gasteiger partial charge is 0.0255 e. The molecule has 1 aromatic carbocycles. The average Bonchev–Trinajstić information content (AvgIpc) is 2.71. The van der Waals surface area contributed by atoms with E-state index in [2.05, 4.69) is 24.3 Å². The van der Waals surface area contributed by atoms with E-state index in [9.17, 15) is 0 Å². The molecule has 0 nitrogen and oxygen atoms in total. The third kappa shape index (κ3) is 1.97. The summed E-state index contributed by atoms with van der Waals surface area (Å²) in [6, 6.07) is 10.4. The van der Waals surface area contributed by atoms with Crippen LogP contribution in [0.1, 0.15) is 31.2 Å². The van der Waals surface area contributed by atoms with Gasteiger partial charge in [0.2, 0.25) is 0 Å². The highest BCUT2D eigenvalue weighted by Gasteiger charge is 2.19. The summed E-state index contributed by atoms with van der Waals surface area (Å²) in [7, 11) is 0. The summed E-state index contributed by atoms with van der Waals surface area (Å²) < 4.78 is 0. The SMILES string of the molecule is S=C(c1ccccc1)C1CCCC1. The molecule has 2 rings (SSSR count). The van der Waals surface area contributed by atoms with Crippen molar-refractivity contribution >= 4 is 17.1 Å². The zero-order valence-corrected chi connectivity index (χ0v) is 8.52. The zero-order chi connectivity index (χ0) is 9.10. The molecule has 0 amide bonds. The van der Waals surface area contributed by atoms with Crippen LogP contribution in [0.3, 0.4) is 0 Å². The largest absolute Gasteiger partial charge is 0.0840 e. The van der Waals surface area contributed by atoms with Crippen LogP contribution in [0.5, 0.6) is 0 Å². The van der Waals surface area contributed by atoms with Crippen LogP contribution < -0.4 is 0 Å². The van der Waals surface area contributed by atoms with Crippen LogP contribution in [0, 0.1) is 5.92 Å². The van der Waals surface area contributed by atoms with Crippen molar-refractivity contribution in [2.75, 3.05) is 0 Å². The van der Waals surface area contributed by atoms with Crippen molar-refractivity contribution in [1.29, 1.82) is 0 Å². The molecule has 0 heterocycles. The number of hydrogen-bond donors (Lipinski definition) is 0. The molecule has 1 aromatic rings. The molecule has 1 saturated carbocycles. The van der Waals surface area contributed by atoms with Crippen molar-refractivity contribution in [3.05, 3.63) is 35.9 Å². The van der Waals surface area contributed by atoms with Gasteiger partial charge in [0, 0.05) is 4.86 Å². The van der Waals surface area contributed by atoms with Crippen molar-refractivity contribution in [3.8, 4) is 0 Å². The molecule has 1 aliphatic rings. The molecule has 0 N–H and O–H groups in total. The minimum Gasteiger partial charge on any atom is -0.0840 e. The first kappa shape index (κ1) is 8.89. The van der Waals surface area contributed by atoms with Gasteiger partial charge in [-0.1, -0.05) is 55.4 Å². The van der Waals surface area contributed by atoms with Gasteiger partial charge in [-0.3, -0.25) is 0 Å². The number of hydrogen-bond acceptors (Lipinski definition) is 1. The number of thiocarbonyl (C=S) groups is 1. The molecule has 0 radical (unpaired) electrons. The van der Waals surface area contributed by atoms with Gasteiger partial charge in [0.15, 0.2) is 0 Å². The van der Waals surface area contributed by atoms with E-state index in [4.69, 9.17) is 12.2 Å². The fourth-order valence-electron chi connectivity index (χ4n) is 2.03. The van der Waals surface area contributed by atoms with Crippen LogP contribution in [0.4, 0.5) is 0 Å². The minimum absolute atomic E-state index is 0.678. The highest BCUT2D eigenvalue weighted by Crippen LogP contribution is 2.28. The third-order valence-corrected chi connectivity index (χ3v) is 3.35. The average molecular weight is 190 g/mol. The molecule has 0 atom stereocenters. The Hall–Kier alpha value is -0.690. The van der Waals surface area contributed by atoms with Crippen LogP contribution in [0.2, 0.25) is 0 Å². The highest BCUT2D eigenvalue weighted by atomic mass is 32.1. The summed E-state index contributed by atoms with van der Waals surface area (Å²) in [5.41, 5.74) is 1.25. The van der Waals surface area contributed by atoms with Gasteiger partial charge in [-0.25, -0.2) is 0 Å². The molecular formula is C12H14S. The lowest BCUT2D eigenvalue weighted by atomic mass is 9.98. The summed E-state index contributed by atoms with van der Waals surface area (Å²) >= 11 is 5.48. The first-order chi connectivity index (χ1) is 6.38. The molecule has 0 saturated heterocycles. The monoisotopic (exact) mass is 190 g/mol. The van der Waals surface area contributed by atoms with E-state index in [0.717, 1.165) is 0 Å². The van der Waals surface area contributed by atoms with Crippen LogP contribution in [-0.4, -0.2) is 4.86 Å². The van der Waals surface area contributed by atoms with Gasteiger partial charge in [0.05, 0.1) is 0 Å². The Balaban J connectivity index is 2.13. The maximum atomic E-state index is 5.48. The fourth-order valence-corrected chi connectivity index (χ4v) is 2.40. The number of benzene rings is 1. The van der Waals surface area contributed by atoms with E-state index in [-0.39, 0.29) is 0 Å². The Morgan fingerprint density at radius 3 is 2.31 bits per heavy atom. The molecule has 1 fully saturated rings. The molecule has 1 heteroatoms. The maximum absolute atomic E-state index is 5.48. The van der Waals surface area contributed by atoms with Gasteiger partial charge in [-0.15, -0.1) is 0 Å². The van der Waals surface area contributed by atoms with Crippen LogP contribution >= 0.6 is 12.2 Å². The van der Waals surface area contributed by atoms with Gasteiger partial charge < -0.3 is 0 Å². The van der Waals surface area contributed by atoms with Gasteiger partial charge in [-0.05, 0) is 24.3 Å². The van der Waals surface area contributed by atoms with Crippen molar-refractivity contribution in [3.63, 3.8) is 0 Å². The quantitative estimate of drug-likeness (QED) is 0.507. The Bertz CT molecular complexity index is 283. The lowest BCUT2D eigenvalue weighted by Gasteiger charge is -2.10. The zero-order valence-electron chi connectivity index (χ0n) is 7.70. The topological polar surface area (TPSA) is 0 Å². The Labute approximate surface area is 85.0 Å². The second-order valence-corrected chi connectivity index (χ2v) is 4.15. The predicted octanol–water partition coefficient (Wildman–Crippen LogP) is 3.59. The van der Waals surface area contributed by atoms with E-state index >= 15 is 0 Å². The lowest BCUT2D eigenvalue weighted by molar-refractivity contribution is 0.740. The van der Waals surface area contributed by atoms with Crippen LogP contribution in [-0.2, 0) is 0 Å². The van der Waals surface area contributed by atoms with Crippen molar-refractivity contribution < 1.29 is 0 Å². The summed E-state index contributed by atoms with van der Waals surface area (Å²) in [6.45, 7) is 0. The molecular weight excluding hydrogens is 176 g/mol. The standard InChI is InChI=1S/C12H14S/c13-12(11-8-4-5-9-11)10-6-2-1-3-7-10/h1-3,6-7,11H,4-5,8-9H2. The molecule has 0 unspecified atom stereocenters. The van der Waals surface area contributed by atoms with Gasteiger partial charge in [-0.2, -0.15) is 0 Å². The maximum Gasteiger partial charge on any atom is 0.0255 e. The molecule has 1 aliphatic carbocycles. The minimum atomic E-state index is 0.678. The van der Waals surface area contributed by atoms with E-state index < -0.39 is 0 Å². The second-order valence-electron chi connectivity index (χ2n) is 3.71. The van der Waals surface area contributed by atoms with E-state index in [1.807, 2.05) is 6.07 Å². The predicted molar refractivity (Wildman–Crippen MR) is 60.1 cm³/mol. The van der Waals surface area contributed by atoms with Gasteiger partial charge in [0.1, 0.15) is 0 Å². The second kappa shape index (κ2) is 4.01. The van der Waals surface area contributed by atoms with E-state index in [0.29, 0.717) is 5.92 Å². The first-order valence-corrected chi connectivity index (χ1v) is 5.38. The molecule has 0 bridgehead atoms. The van der Waals surface area contributed by atoms with E-state index in [1.165, 1.54) is 36.1 Å². The fraction of sp³-hybridized carbons (Fsp3) is 0.417. The molecule has 0 aliphatic heterocycles. The summed E-state index contributed by atoms with van der Waals surface area (Å²) in [5.74, 6) is 0.678. The molecule has 13 heavy (non-hydrogen) atoms. The lowest BCUT2D eigenvalue weighted by Crippen LogP contribution is -2.08. The Morgan fingerprint density at radius 2 is 1.69 bits per heavy atom. The van der Waals surface area contributed by atoms with Crippen molar-refractivity contribution in [2.45, 2.75) is 25.7 Å². The van der Waals surface area contributed by atoms with Crippen LogP contribution in [0.25, 0.3) is 0 Å². The third-order valence-electron chi connectivity index (χ3n) is 2.78. The van der Waals surface area contributed by atoms with Crippen LogP contribution in [0.15, 0.2) is 30.3 Å². The van der Waals surface area contributed by atoms with E-state index in [1.54, 1.807) is 0 Å². The Morgan fingerprint density at radius 1 is 1.08 bits per heavy atom. The summed E-state index contributed by atoms with van der Waals surface area (Å²) in [6.07, 6.45) is 5.32.